The molecule has 0 aliphatic carbocycles. The molecule has 2 aromatic carbocycles. The highest BCUT2D eigenvalue weighted by atomic mass is 79.9. The average Bonchev–Trinajstić information content (AvgIpc) is 2.77. The second-order valence-corrected chi connectivity index (χ2v) is 6.32. The Morgan fingerprint density at radius 2 is 1.90 bits per heavy atom. The van der Waals surface area contributed by atoms with Crippen LogP contribution in [0.3, 0.4) is 0 Å². The second kappa shape index (κ2) is 5.14. The second-order valence-electron chi connectivity index (χ2n) is 4.55. The van der Waals surface area contributed by atoms with Gasteiger partial charge in [-0.1, -0.05) is 15.9 Å². The smallest absolute Gasteiger partial charge is 0.228 e. The fraction of sp³-hybridized carbons (Fsp3) is 0.0667. The van der Waals surface area contributed by atoms with Gasteiger partial charge >= 0.3 is 0 Å². The van der Waals surface area contributed by atoms with Gasteiger partial charge in [-0.15, -0.1) is 0 Å². The lowest BCUT2D eigenvalue weighted by atomic mass is 10.0. The van der Waals surface area contributed by atoms with Crippen LogP contribution in [0.2, 0.25) is 0 Å². The molecular formula is C15H9Br2NO2. The first kappa shape index (κ1) is 13.5. The van der Waals surface area contributed by atoms with Crippen LogP contribution >= 0.6 is 31.9 Å². The number of ketones is 1. The van der Waals surface area contributed by atoms with Crippen LogP contribution in [0.25, 0.3) is 0 Å². The number of hydrogen-bond donors (Lipinski definition) is 1. The van der Waals surface area contributed by atoms with Gasteiger partial charge < -0.3 is 5.32 Å². The molecule has 0 saturated heterocycles. The molecule has 1 N–H and O–H groups in total. The number of rotatable bonds is 2. The molecule has 0 fully saturated rings. The standard InChI is InChI=1S/C15H9Br2NO2/c16-10-2-3-11(12(17)7-10)15(20)8-1-4-13-9(5-8)6-14(19)18-13/h1-5,7H,6H2,(H,18,19). The van der Waals surface area contributed by atoms with E-state index in [1.54, 1.807) is 24.3 Å². The maximum atomic E-state index is 12.5. The molecule has 1 amide bonds. The zero-order valence-corrected chi connectivity index (χ0v) is 13.4. The van der Waals surface area contributed by atoms with E-state index in [0.29, 0.717) is 17.5 Å². The highest BCUT2D eigenvalue weighted by molar-refractivity contribution is 9.11. The number of hydrogen-bond acceptors (Lipinski definition) is 2. The Kier molecular flexibility index (Phi) is 3.48. The number of halogens is 2. The van der Waals surface area contributed by atoms with Crippen molar-refractivity contribution in [1.82, 2.24) is 0 Å². The maximum absolute atomic E-state index is 12.5. The van der Waals surface area contributed by atoms with E-state index in [-0.39, 0.29) is 11.7 Å². The Bertz CT molecular complexity index is 741. The minimum absolute atomic E-state index is 0.0329. The summed E-state index contributed by atoms with van der Waals surface area (Å²) in [6.07, 6.45) is 0.331. The summed E-state index contributed by atoms with van der Waals surface area (Å²) in [4.78, 5) is 23.8. The van der Waals surface area contributed by atoms with Crippen LogP contribution in [-0.4, -0.2) is 11.7 Å². The van der Waals surface area contributed by atoms with Gasteiger partial charge in [0.05, 0.1) is 6.42 Å². The molecule has 0 bridgehead atoms. The molecular weight excluding hydrogens is 386 g/mol. The maximum Gasteiger partial charge on any atom is 0.228 e. The Morgan fingerprint density at radius 1 is 1.10 bits per heavy atom. The van der Waals surface area contributed by atoms with Gasteiger partial charge in [0.1, 0.15) is 0 Å². The monoisotopic (exact) mass is 393 g/mol. The van der Waals surface area contributed by atoms with E-state index < -0.39 is 0 Å². The van der Waals surface area contributed by atoms with E-state index >= 15 is 0 Å². The van der Waals surface area contributed by atoms with Crippen molar-refractivity contribution in [1.29, 1.82) is 0 Å². The van der Waals surface area contributed by atoms with Crippen molar-refractivity contribution in [2.75, 3.05) is 5.32 Å². The minimum atomic E-state index is -0.0634. The molecule has 2 aromatic rings. The van der Waals surface area contributed by atoms with E-state index in [2.05, 4.69) is 37.2 Å². The molecule has 5 heteroatoms. The van der Waals surface area contributed by atoms with Crippen molar-refractivity contribution in [2.45, 2.75) is 6.42 Å². The number of carbonyl (C=O) groups is 2. The predicted octanol–water partition coefficient (Wildman–Crippen LogP) is 3.94. The van der Waals surface area contributed by atoms with Gasteiger partial charge in [-0.2, -0.15) is 0 Å². The van der Waals surface area contributed by atoms with Gasteiger partial charge in [-0.05, 0) is 57.9 Å². The van der Waals surface area contributed by atoms with E-state index in [1.807, 2.05) is 12.1 Å². The summed E-state index contributed by atoms with van der Waals surface area (Å²) in [5, 5.41) is 2.76. The first-order valence-electron chi connectivity index (χ1n) is 5.97. The van der Waals surface area contributed by atoms with E-state index in [4.69, 9.17) is 0 Å². The van der Waals surface area contributed by atoms with Crippen molar-refractivity contribution in [3.8, 4) is 0 Å². The summed E-state index contributed by atoms with van der Waals surface area (Å²) in [6.45, 7) is 0. The van der Waals surface area contributed by atoms with Gasteiger partial charge in [0, 0.05) is 25.8 Å². The first-order valence-corrected chi connectivity index (χ1v) is 7.56. The van der Waals surface area contributed by atoms with Crippen molar-refractivity contribution >= 4 is 49.2 Å². The molecule has 0 aromatic heterocycles. The number of amides is 1. The highest BCUT2D eigenvalue weighted by Crippen LogP contribution is 2.28. The van der Waals surface area contributed by atoms with Crippen LogP contribution < -0.4 is 5.32 Å². The summed E-state index contributed by atoms with van der Waals surface area (Å²) in [5.74, 6) is -0.0963. The number of nitrogens with one attached hydrogen (secondary N) is 1. The number of anilines is 1. The van der Waals surface area contributed by atoms with Crippen molar-refractivity contribution in [3.05, 3.63) is 62.0 Å². The van der Waals surface area contributed by atoms with Gasteiger partial charge in [0.25, 0.3) is 0 Å². The Labute approximate surface area is 132 Å². The Balaban J connectivity index is 1.99. The van der Waals surface area contributed by atoms with Crippen molar-refractivity contribution in [2.24, 2.45) is 0 Å². The van der Waals surface area contributed by atoms with E-state index in [0.717, 1.165) is 20.2 Å². The Morgan fingerprint density at radius 3 is 2.65 bits per heavy atom. The summed E-state index contributed by atoms with van der Waals surface area (Å²) >= 11 is 6.76. The summed E-state index contributed by atoms with van der Waals surface area (Å²) in [5.41, 5.74) is 2.85. The lowest BCUT2D eigenvalue weighted by molar-refractivity contribution is -0.115. The van der Waals surface area contributed by atoms with E-state index in [9.17, 15) is 9.59 Å². The molecule has 100 valence electrons. The summed E-state index contributed by atoms with van der Waals surface area (Å²) in [7, 11) is 0. The fourth-order valence-corrected chi connectivity index (χ4v) is 3.43. The molecule has 0 spiro atoms. The molecule has 1 aliphatic rings. The lowest BCUT2D eigenvalue weighted by Gasteiger charge is -2.06. The molecule has 0 atom stereocenters. The molecule has 20 heavy (non-hydrogen) atoms. The SMILES string of the molecule is O=C1Cc2cc(C(=O)c3ccc(Br)cc3Br)ccc2N1. The van der Waals surface area contributed by atoms with Crippen LogP contribution in [0.1, 0.15) is 21.5 Å². The quantitative estimate of drug-likeness (QED) is 0.784. The third kappa shape index (κ3) is 2.43. The number of fused-ring (bicyclic) bond motifs is 1. The Hall–Kier alpha value is -1.46. The molecule has 0 unspecified atom stereocenters. The number of carbonyl (C=O) groups excluding carboxylic acids is 2. The number of benzene rings is 2. The summed E-state index contributed by atoms with van der Waals surface area (Å²) < 4.78 is 1.65. The molecule has 3 rings (SSSR count). The summed E-state index contributed by atoms with van der Waals surface area (Å²) in [6, 6.07) is 10.7. The lowest BCUT2D eigenvalue weighted by Crippen LogP contribution is -2.03. The minimum Gasteiger partial charge on any atom is -0.326 e. The molecule has 3 nitrogen and oxygen atoms in total. The van der Waals surface area contributed by atoms with Crippen LogP contribution in [0.5, 0.6) is 0 Å². The topological polar surface area (TPSA) is 46.2 Å². The van der Waals surface area contributed by atoms with E-state index in [1.165, 1.54) is 0 Å². The first-order chi connectivity index (χ1) is 9.54. The average molecular weight is 395 g/mol. The molecule has 0 saturated carbocycles. The van der Waals surface area contributed by atoms with Crippen LogP contribution in [-0.2, 0) is 11.2 Å². The van der Waals surface area contributed by atoms with Crippen LogP contribution in [0.4, 0.5) is 5.69 Å². The third-order valence-corrected chi connectivity index (χ3v) is 4.32. The van der Waals surface area contributed by atoms with Gasteiger partial charge in [0.2, 0.25) is 5.91 Å². The van der Waals surface area contributed by atoms with Crippen LogP contribution in [0, 0.1) is 0 Å². The zero-order chi connectivity index (χ0) is 14.3. The van der Waals surface area contributed by atoms with Gasteiger partial charge in [0.15, 0.2) is 5.78 Å². The molecule has 1 aliphatic heterocycles. The molecule has 1 heterocycles. The normalized spacial score (nSPS) is 13.0. The largest absolute Gasteiger partial charge is 0.326 e. The third-order valence-electron chi connectivity index (χ3n) is 3.17. The highest BCUT2D eigenvalue weighted by Gasteiger charge is 2.20. The fourth-order valence-electron chi connectivity index (χ4n) is 2.20. The zero-order valence-electron chi connectivity index (χ0n) is 10.2. The molecule has 0 radical (unpaired) electrons. The predicted molar refractivity (Wildman–Crippen MR) is 84.1 cm³/mol. The van der Waals surface area contributed by atoms with Crippen LogP contribution in [0.15, 0.2) is 45.3 Å². The van der Waals surface area contributed by atoms with Gasteiger partial charge in [-0.25, -0.2) is 0 Å². The van der Waals surface area contributed by atoms with Gasteiger partial charge in [-0.3, -0.25) is 9.59 Å². The van der Waals surface area contributed by atoms with Crippen molar-refractivity contribution in [3.63, 3.8) is 0 Å². The van der Waals surface area contributed by atoms with Crippen molar-refractivity contribution < 1.29 is 9.59 Å².